The van der Waals surface area contributed by atoms with E-state index in [4.69, 9.17) is 5.11 Å². The van der Waals surface area contributed by atoms with Crippen LogP contribution in [-0.2, 0) is 0 Å². The summed E-state index contributed by atoms with van der Waals surface area (Å²) in [6.07, 6.45) is 4.32. The minimum Gasteiger partial charge on any atom is -0.396 e. The van der Waals surface area contributed by atoms with E-state index in [0.717, 1.165) is 30.8 Å². The van der Waals surface area contributed by atoms with Gasteiger partial charge >= 0.3 is 6.03 Å². The van der Waals surface area contributed by atoms with E-state index < -0.39 is 0 Å². The third kappa shape index (κ3) is 5.89. The molecule has 1 fully saturated rings. The molecular weight excluding hydrogens is 212 g/mol. The second-order valence-electron chi connectivity index (χ2n) is 3.72. The van der Waals surface area contributed by atoms with Gasteiger partial charge < -0.3 is 15.7 Å². The molecule has 0 spiro atoms. The standard InChI is InChI=1S/C10H20N2O2S/c13-6-2-7-15-8-5-11-10(14)12-9-3-1-4-9/h9,13H,1-8H2,(H2,11,12,14). The highest BCUT2D eigenvalue weighted by Crippen LogP contribution is 2.17. The lowest BCUT2D eigenvalue weighted by atomic mass is 9.93. The van der Waals surface area contributed by atoms with Crippen LogP contribution >= 0.6 is 11.8 Å². The van der Waals surface area contributed by atoms with E-state index in [1.165, 1.54) is 6.42 Å². The van der Waals surface area contributed by atoms with Gasteiger partial charge in [-0.25, -0.2) is 4.79 Å². The van der Waals surface area contributed by atoms with Gasteiger partial charge in [-0.05, 0) is 31.4 Å². The number of thioether (sulfide) groups is 1. The summed E-state index contributed by atoms with van der Waals surface area (Å²) < 4.78 is 0. The Bertz CT molecular complexity index is 186. The molecule has 5 heteroatoms. The molecule has 4 nitrogen and oxygen atoms in total. The fraction of sp³-hybridized carbons (Fsp3) is 0.900. The van der Waals surface area contributed by atoms with E-state index in [-0.39, 0.29) is 12.6 Å². The molecule has 3 N–H and O–H groups in total. The minimum absolute atomic E-state index is 0.0394. The molecule has 1 rings (SSSR count). The first-order chi connectivity index (χ1) is 7.33. The van der Waals surface area contributed by atoms with Gasteiger partial charge in [0.25, 0.3) is 0 Å². The molecule has 15 heavy (non-hydrogen) atoms. The number of hydrogen-bond acceptors (Lipinski definition) is 3. The molecule has 2 amide bonds. The quantitative estimate of drug-likeness (QED) is 0.573. The highest BCUT2D eigenvalue weighted by Gasteiger charge is 2.18. The van der Waals surface area contributed by atoms with Crippen LogP contribution in [0.2, 0.25) is 0 Å². The van der Waals surface area contributed by atoms with E-state index in [1.54, 1.807) is 11.8 Å². The summed E-state index contributed by atoms with van der Waals surface area (Å²) in [4.78, 5) is 11.3. The number of carbonyl (C=O) groups is 1. The van der Waals surface area contributed by atoms with Gasteiger partial charge in [0.1, 0.15) is 0 Å². The molecule has 0 saturated heterocycles. The Kier molecular flexibility index (Phi) is 6.59. The van der Waals surface area contributed by atoms with Crippen molar-refractivity contribution in [1.82, 2.24) is 10.6 Å². The van der Waals surface area contributed by atoms with Crippen molar-refractivity contribution in [2.45, 2.75) is 31.7 Å². The SMILES string of the molecule is O=C(NCCSCCCO)NC1CCC1. The first-order valence-electron chi connectivity index (χ1n) is 5.56. The van der Waals surface area contributed by atoms with Crippen molar-refractivity contribution < 1.29 is 9.90 Å². The molecule has 0 aromatic rings. The Morgan fingerprint density at radius 2 is 2.20 bits per heavy atom. The zero-order valence-electron chi connectivity index (χ0n) is 9.00. The van der Waals surface area contributed by atoms with Crippen molar-refractivity contribution in [3.63, 3.8) is 0 Å². The molecule has 0 radical (unpaired) electrons. The van der Waals surface area contributed by atoms with Crippen molar-refractivity contribution in [2.75, 3.05) is 24.7 Å². The van der Waals surface area contributed by atoms with Gasteiger partial charge in [0, 0.05) is 24.9 Å². The summed E-state index contributed by atoms with van der Waals surface area (Å²) in [5, 5.41) is 14.3. The molecule has 1 saturated carbocycles. The highest BCUT2D eigenvalue weighted by atomic mass is 32.2. The zero-order valence-corrected chi connectivity index (χ0v) is 9.81. The zero-order chi connectivity index (χ0) is 10.9. The lowest BCUT2D eigenvalue weighted by molar-refractivity contribution is 0.229. The van der Waals surface area contributed by atoms with Crippen molar-refractivity contribution >= 4 is 17.8 Å². The van der Waals surface area contributed by atoms with Gasteiger partial charge in [0.15, 0.2) is 0 Å². The first kappa shape index (κ1) is 12.6. The largest absolute Gasteiger partial charge is 0.396 e. The molecule has 1 aliphatic carbocycles. The number of nitrogens with one attached hydrogen (secondary N) is 2. The summed E-state index contributed by atoms with van der Waals surface area (Å²) >= 11 is 1.76. The van der Waals surface area contributed by atoms with E-state index in [2.05, 4.69) is 10.6 Å². The van der Waals surface area contributed by atoms with Crippen LogP contribution in [0.25, 0.3) is 0 Å². The summed E-state index contributed by atoms with van der Waals surface area (Å²) in [5.74, 6) is 1.88. The molecule has 88 valence electrons. The van der Waals surface area contributed by atoms with Crippen molar-refractivity contribution in [2.24, 2.45) is 0 Å². The van der Waals surface area contributed by atoms with Crippen LogP contribution in [0.15, 0.2) is 0 Å². The third-order valence-electron chi connectivity index (χ3n) is 2.42. The normalized spacial score (nSPS) is 15.8. The van der Waals surface area contributed by atoms with Gasteiger partial charge in [0.05, 0.1) is 0 Å². The van der Waals surface area contributed by atoms with Crippen LogP contribution in [0.1, 0.15) is 25.7 Å². The van der Waals surface area contributed by atoms with E-state index >= 15 is 0 Å². The van der Waals surface area contributed by atoms with Gasteiger partial charge in [0.2, 0.25) is 0 Å². The Labute approximate surface area is 95.2 Å². The number of amides is 2. The van der Waals surface area contributed by atoms with Crippen LogP contribution in [0.3, 0.4) is 0 Å². The second-order valence-corrected chi connectivity index (χ2v) is 4.94. The van der Waals surface area contributed by atoms with Crippen molar-refractivity contribution in [3.8, 4) is 0 Å². The third-order valence-corrected chi connectivity index (χ3v) is 3.49. The summed E-state index contributed by atoms with van der Waals surface area (Å²) in [6, 6.07) is 0.370. The van der Waals surface area contributed by atoms with E-state index in [9.17, 15) is 4.79 Å². The average Bonchev–Trinajstić information content (AvgIpc) is 2.17. The van der Waals surface area contributed by atoms with Gasteiger partial charge in [-0.2, -0.15) is 11.8 Å². The van der Waals surface area contributed by atoms with Gasteiger partial charge in [-0.3, -0.25) is 0 Å². The molecule has 0 atom stereocenters. The number of urea groups is 1. The Hall–Kier alpha value is -0.420. The van der Waals surface area contributed by atoms with Crippen molar-refractivity contribution in [3.05, 3.63) is 0 Å². The van der Waals surface area contributed by atoms with Crippen LogP contribution in [0, 0.1) is 0 Å². The molecule has 0 aromatic heterocycles. The molecule has 0 bridgehead atoms. The first-order valence-corrected chi connectivity index (χ1v) is 6.71. The fourth-order valence-corrected chi connectivity index (χ4v) is 2.08. The molecule has 0 heterocycles. The predicted molar refractivity (Wildman–Crippen MR) is 63.2 cm³/mol. The van der Waals surface area contributed by atoms with Gasteiger partial charge in [-0.1, -0.05) is 0 Å². The minimum atomic E-state index is -0.0394. The summed E-state index contributed by atoms with van der Waals surface area (Å²) in [7, 11) is 0. The Morgan fingerprint density at radius 1 is 1.40 bits per heavy atom. The second kappa shape index (κ2) is 7.82. The maximum absolute atomic E-state index is 11.3. The number of aliphatic hydroxyl groups excluding tert-OH is 1. The van der Waals surface area contributed by atoms with E-state index in [1.807, 2.05) is 0 Å². The van der Waals surface area contributed by atoms with E-state index in [0.29, 0.717) is 12.6 Å². The highest BCUT2D eigenvalue weighted by molar-refractivity contribution is 7.99. The molecule has 1 aliphatic rings. The lowest BCUT2D eigenvalue weighted by Crippen LogP contribution is -2.45. The van der Waals surface area contributed by atoms with Crippen LogP contribution in [0.5, 0.6) is 0 Å². The number of hydrogen-bond donors (Lipinski definition) is 3. The van der Waals surface area contributed by atoms with Crippen LogP contribution < -0.4 is 10.6 Å². The smallest absolute Gasteiger partial charge is 0.315 e. The maximum atomic E-state index is 11.3. The summed E-state index contributed by atoms with van der Waals surface area (Å²) in [5.41, 5.74) is 0. The van der Waals surface area contributed by atoms with Crippen LogP contribution in [-0.4, -0.2) is 41.8 Å². The number of rotatable bonds is 7. The maximum Gasteiger partial charge on any atom is 0.315 e. The molecule has 0 unspecified atom stereocenters. The molecular formula is C10H20N2O2S. The Morgan fingerprint density at radius 3 is 2.80 bits per heavy atom. The topological polar surface area (TPSA) is 61.4 Å². The van der Waals surface area contributed by atoms with Crippen molar-refractivity contribution in [1.29, 1.82) is 0 Å². The number of aliphatic hydroxyl groups is 1. The predicted octanol–water partition coefficient (Wildman–Crippen LogP) is 0.954. The van der Waals surface area contributed by atoms with Gasteiger partial charge in [-0.15, -0.1) is 0 Å². The molecule has 0 aromatic carbocycles. The number of carbonyl (C=O) groups excluding carboxylic acids is 1. The van der Waals surface area contributed by atoms with Crippen LogP contribution in [0.4, 0.5) is 4.79 Å². The monoisotopic (exact) mass is 232 g/mol. The molecule has 0 aliphatic heterocycles. The summed E-state index contributed by atoms with van der Waals surface area (Å²) in [6.45, 7) is 0.956. The Balaban J connectivity index is 1.83. The lowest BCUT2D eigenvalue weighted by Gasteiger charge is -2.26. The fourth-order valence-electron chi connectivity index (χ4n) is 1.29. The average molecular weight is 232 g/mol.